The molecule has 0 saturated carbocycles. The Morgan fingerprint density at radius 2 is 2.06 bits per heavy atom. The van der Waals surface area contributed by atoms with Crippen molar-refractivity contribution in [1.29, 1.82) is 0 Å². The number of hydrogen-bond acceptors (Lipinski definition) is 2. The molecule has 1 amide bonds. The predicted octanol–water partition coefficient (Wildman–Crippen LogP) is 1.75. The molecule has 0 heterocycles. The zero-order chi connectivity index (χ0) is 12.8. The van der Waals surface area contributed by atoms with E-state index < -0.39 is 11.6 Å². The second-order valence-corrected chi connectivity index (χ2v) is 3.73. The van der Waals surface area contributed by atoms with Crippen molar-refractivity contribution in [3.63, 3.8) is 0 Å². The Kier molecular flexibility index (Phi) is 5.03. The summed E-state index contributed by atoms with van der Waals surface area (Å²) in [5, 5.41) is 5.57. The average Bonchev–Trinajstić information content (AvgIpc) is 2.30. The summed E-state index contributed by atoms with van der Waals surface area (Å²) < 4.78 is 25.7. The first-order valence-corrected chi connectivity index (χ1v) is 5.49. The molecule has 0 aliphatic carbocycles. The molecule has 0 aliphatic heterocycles. The van der Waals surface area contributed by atoms with Gasteiger partial charge in [0, 0.05) is 12.6 Å². The molecule has 3 nitrogen and oxygen atoms in total. The van der Waals surface area contributed by atoms with Crippen LogP contribution in [0.3, 0.4) is 0 Å². The van der Waals surface area contributed by atoms with Gasteiger partial charge in [0.15, 0.2) is 11.6 Å². The number of rotatable bonds is 5. The maximum absolute atomic E-state index is 13.0. The maximum atomic E-state index is 13.0. The fourth-order valence-electron chi connectivity index (χ4n) is 1.41. The van der Waals surface area contributed by atoms with Crippen molar-refractivity contribution in [3.05, 3.63) is 35.4 Å². The highest BCUT2D eigenvalue weighted by molar-refractivity contribution is 5.77. The van der Waals surface area contributed by atoms with Gasteiger partial charge in [0.25, 0.3) is 0 Å². The zero-order valence-corrected chi connectivity index (χ0v) is 9.89. The summed E-state index contributed by atoms with van der Waals surface area (Å²) in [4.78, 5) is 11.2. The Morgan fingerprint density at radius 1 is 1.35 bits per heavy atom. The summed E-state index contributed by atoms with van der Waals surface area (Å²) in [6, 6.07) is 3.49. The number of benzene rings is 1. The molecule has 0 saturated heterocycles. The van der Waals surface area contributed by atoms with Gasteiger partial charge in [0.1, 0.15) is 0 Å². The SMILES string of the molecule is CCNC(=O)CNC(C)c1ccc(F)c(F)c1. The molecule has 0 fully saturated rings. The van der Waals surface area contributed by atoms with Crippen molar-refractivity contribution in [1.82, 2.24) is 10.6 Å². The van der Waals surface area contributed by atoms with Crippen LogP contribution in [0.25, 0.3) is 0 Å². The molecule has 17 heavy (non-hydrogen) atoms. The fourth-order valence-corrected chi connectivity index (χ4v) is 1.41. The van der Waals surface area contributed by atoms with E-state index in [1.807, 2.05) is 6.92 Å². The van der Waals surface area contributed by atoms with E-state index in [0.717, 1.165) is 12.1 Å². The molecule has 1 unspecified atom stereocenters. The first-order valence-electron chi connectivity index (χ1n) is 5.49. The lowest BCUT2D eigenvalue weighted by Gasteiger charge is -2.14. The second-order valence-electron chi connectivity index (χ2n) is 3.73. The zero-order valence-electron chi connectivity index (χ0n) is 9.89. The minimum atomic E-state index is -0.880. The van der Waals surface area contributed by atoms with E-state index in [-0.39, 0.29) is 18.5 Å². The number of hydrogen-bond donors (Lipinski definition) is 2. The van der Waals surface area contributed by atoms with Crippen LogP contribution in [0.1, 0.15) is 25.5 Å². The largest absolute Gasteiger partial charge is 0.355 e. The summed E-state index contributed by atoms with van der Waals surface area (Å²) in [5.74, 6) is -1.87. The van der Waals surface area contributed by atoms with Crippen LogP contribution in [0.15, 0.2) is 18.2 Å². The van der Waals surface area contributed by atoms with Crippen molar-refractivity contribution in [2.24, 2.45) is 0 Å². The molecule has 5 heteroatoms. The van der Waals surface area contributed by atoms with Crippen LogP contribution < -0.4 is 10.6 Å². The topological polar surface area (TPSA) is 41.1 Å². The molecule has 0 aliphatic rings. The third-order valence-corrected chi connectivity index (χ3v) is 2.39. The maximum Gasteiger partial charge on any atom is 0.233 e. The lowest BCUT2D eigenvalue weighted by Crippen LogP contribution is -2.34. The summed E-state index contributed by atoms with van der Waals surface area (Å²) in [5.41, 5.74) is 0.605. The quantitative estimate of drug-likeness (QED) is 0.826. The highest BCUT2D eigenvalue weighted by Gasteiger charge is 2.10. The molecule has 1 aromatic rings. The molecule has 1 aromatic carbocycles. The van der Waals surface area contributed by atoms with Gasteiger partial charge < -0.3 is 10.6 Å². The van der Waals surface area contributed by atoms with Crippen LogP contribution in [0.5, 0.6) is 0 Å². The Balaban J connectivity index is 2.54. The molecular formula is C12H16F2N2O. The van der Waals surface area contributed by atoms with Gasteiger partial charge in [0.2, 0.25) is 5.91 Å². The monoisotopic (exact) mass is 242 g/mol. The number of nitrogens with one attached hydrogen (secondary N) is 2. The summed E-state index contributed by atoms with van der Waals surface area (Å²) in [6.45, 7) is 4.33. The molecule has 1 rings (SSSR count). The van der Waals surface area contributed by atoms with Crippen molar-refractivity contribution in [2.75, 3.05) is 13.1 Å². The molecular weight excluding hydrogens is 226 g/mol. The molecule has 2 N–H and O–H groups in total. The van der Waals surface area contributed by atoms with Gasteiger partial charge in [-0.05, 0) is 31.5 Å². The third kappa shape index (κ3) is 4.11. The number of amides is 1. The highest BCUT2D eigenvalue weighted by Crippen LogP contribution is 2.15. The van der Waals surface area contributed by atoms with Gasteiger partial charge in [-0.3, -0.25) is 4.79 Å². The molecule has 1 atom stereocenters. The van der Waals surface area contributed by atoms with E-state index in [9.17, 15) is 13.6 Å². The third-order valence-electron chi connectivity index (χ3n) is 2.39. The van der Waals surface area contributed by atoms with Crippen LogP contribution in [0, 0.1) is 11.6 Å². The summed E-state index contributed by atoms with van der Waals surface area (Å²) in [7, 11) is 0. The molecule has 0 radical (unpaired) electrons. The Morgan fingerprint density at radius 3 is 2.65 bits per heavy atom. The normalized spacial score (nSPS) is 12.2. The van der Waals surface area contributed by atoms with E-state index in [1.165, 1.54) is 6.07 Å². The number of halogens is 2. The lowest BCUT2D eigenvalue weighted by atomic mass is 10.1. The van der Waals surface area contributed by atoms with Crippen molar-refractivity contribution >= 4 is 5.91 Å². The standard InChI is InChI=1S/C12H16F2N2O/c1-3-15-12(17)7-16-8(2)9-4-5-10(13)11(14)6-9/h4-6,8,16H,3,7H2,1-2H3,(H,15,17). The molecule has 0 bridgehead atoms. The van der Waals surface area contributed by atoms with Crippen LogP contribution in [0.2, 0.25) is 0 Å². The van der Waals surface area contributed by atoms with Gasteiger partial charge >= 0.3 is 0 Å². The van der Waals surface area contributed by atoms with Gasteiger partial charge in [-0.1, -0.05) is 6.07 Å². The van der Waals surface area contributed by atoms with Gasteiger partial charge in [-0.15, -0.1) is 0 Å². The molecule has 0 spiro atoms. The first kappa shape index (κ1) is 13.6. The highest BCUT2D eigenvalue weighted by atomic mass is 19.2. The van der Waals surface area contributed by atoms with Gasteiger partial charge in [0.05, 0.1) is 6.54 Å². The van der Waals surface area contributed by atoms with Crippen molar-refractivity contribution in [3.8, 4) is 0 Å². The van der Waals surface area contributed by atoms with Crippen LogP contribution in [-0.2, 0) is 4.79 Å². The van der Waals surface area contributed by atoms with Crippen LogP contribution >= 0.6 is 0 Å². The second kappa shape index (κ2) is 6.30. The number of carbonyl (C=O) groups excluding carboxylic acids is 1. The van der Waals surface area contributed by atoms with E-state index in [0.29, 0.717) is 12.1 Å². The smallest absolute Gasteiger partial charge is 0.233 e. The van der Waals surface area contributed by atoms with Crippen LogP contribution in [-0.4, -0.2) is 19.0 Å². The Bertz CT molecular complexity index is 396. The minimum absolute atomic E-state index is 0.123. The average molecular weight is 242 g/mol. The number of carbonyl (C=O) groups is 1. The molecule has 94 valence electrons. The summed E-state index contributed by atoms with van der Waals surface area (Å²) >= 11 is 0. The first-order chi connectivity index (χ1) is 8.04. The van der Waals surface area contributed by atoms with E-state index in [1.54, 1.807) is 6.92 Å². The van der Waals surface area contributed by atoms with E-state index in [2.05, 4.69) is 10.6 Å². The van der Waals surface area contributed by atoms with E-state index in [4.69, 9.17) is 0 Å². The summed E-state index contributed by atoms with van der Waals surface area (Å²) in [6.07, 6.45) is 0. The van der Waals surface area contributed by atoms with Crippen molar-refractivity contribution in [2.45, 2.75) is 19.9 Å². The van der Waals surface area contributed by atoms with Gasteiger partial charge in [-0.25, -0.2) is 8.78 Å². The van der Waals surface area contributed by atoms with Crippen molar-refractivity contribution < 1.29 is 13.6 Å². The Labute approximate surface area is 99.2 Å². The fraction of sp³-hybridized carbons (Fsp3) is 0.417. The van der Waals surface area contributed by atoms with Gasteiger partial charge in [-0.2, -0.15) is 0 Å². The lowest BCUT2D eigenvalue weighted by molar-refractivity contribution is -0.120. The number of likely N-dealkylation sites (N-methyl/N-ethyl adjacent to an activating group) is 1. The van der Waals surface area contributed by atoms with Crippen LogP contribution in [0.4, 0.5) is 8.78 Å². The predicted molar refractivity (Wildman–Crippen MR) is 61.5 cm³/mol. The Hall–Kier alpha value is -1.49. The minimum Gasteiger partial charge on any atom is -0.355 e. The molecule has 0 aromatic heterocycles. The van der Waals surface area contributed by atoms with E-state index >= 15 is 0 Å².